The lowest BCUT2D eigenvalue weighted by molar-refractivity contribution is -0.137. The van der Waals surface area contributed by atoms with Crippen LogP contribution in [-0.4, -0.2) is 51.7 Å². The molecular formula is C20H17ClF5N5O3S2. The molecule has 1 aliphatic rings. The van der Waals surface area contributed by atoms with Gasteiger partial charge < -0.3 is 5.32 Å². The zero-order valence-corrected chi connectivity index (χ0v) is 20.6. The number of sulfonamides is 1. The third-order valence-corrected chi connectivity index (χ3v) is 8.89. The van der Waals surface area contributed by atoms with Gasteiger partial charge >= 0.3 is 6.18 Å². The van der Waals surface area contributed by atoms with Crippen LogP contribution in [-0.2, 0) is 27.5 Å². The first-order valence-electron chi connectivity index (χ1n) is 10.3. The predicted octanol–water partition coefficient (Wildman–Crippen LogP) is 3.95. The zero-order valence-electron chi connectivity index (χ0n) is 18.2. The van der Waals surface area contributed by atoms with Crippen molar-refractivity contribution in [2.24, 2.45) is 0 Å². The molecule has 1 fully saturated rings. The van der Waals surface area contributed by atoms with Crippen molar-refractivity contribution < 1.29 is 35.2 Å². The summed E-state index contributed by atoms with van der Waals surface area (Å²) in [4.78, 5) is 15.9. The largest absolute Gasteiger partial charge is 0.443 e. The molecule has 0 radical (unpaired) electrons. The van der Waals surface area contributed by atoms with E-state index in [4.69, 9.17) is 11.6 Å². The first kappa shape index (κ1) is 26.4. The van der Waals surface area contributed by atoms with Crippen LogP contribution in [0.4, 0.5) is 22.0 Å². The second-order valence-electron chi connectivity index (χ2n) is 7.91. The summed E-state index contributed by atoms with van der Waals surface area (Å²) in [5.41, 5.74) is 0.225. The molecule has 1 N–H and O–H groups in total. The molecule has 0 bridgehead atoms. The molecule has 2 aromatic heterocycles. The Kier molecular flexibility index (Phi) is 7.11. The van der Waals surface area contributed by atoms with E-state index >= 15 is 0 Å². The average molecular weight is 570 g/mol. The molecule has 3 atom stereocenters. The fourth-order valence-electron chi connectivity index (χ4n) is 3.72. The lowest BCUT2D eigenvalue weighted by atomic mass is 10.1. The highest BCUT2D eigenvalue weighted by molar-refractivity contribution is 7.89. The highest BCUT2D eigenvalue weighted by Gasteiger charge is 2.49. The number of hydrogen-bond acceptors (Lipinski definition) is 6. The molecule has 0 spiro atoms. The van der Waals surface area contributed by atoms with Crippen molar-refractivity contribution in [3.8, 4) is 5.00 Å². The molecule has 8 nitrogen and oxygen atoms in total. The summed E-state index contributed by atoms with van der Waals surface area (Å²) in [6, 6.07) is 1.38. The van der Waals surface area contributed by atoms with Gasteiger partial charge in [-0.05, 0) is 31.2 Å². The molecule has 3 aromatic rings. The van der Waals surface area contributed by atoms with Crippen LogP contribution in [0.2, 0.25) is 5.15 Å². The number of rotatable bonds is 6. The average Bonchev–Trinajstić information content (AvgIpc) is 3.50. The summed E-state index contributed by atoms with van der Waals surface area (Å²) >= 11 is 6.40. The maximum Gasteiger partial charge on any atom is 0.443 e. The van der Waals surface area contributed by atoms with Crippen molar-refractivity contribution in [1.29, 1.82) is 0 Å². The summed E-state index contributed by atoms with van der Waals surface area (Å²) in [5, 5.41) is 5.24. The predicted molar refractivity (Wildman–Crippen MR) is 119 cm³/mol. The van der Waals surface area contributed by atoms with Crippen molar-refractivity contribution in [2.75, 3.05) is 0 Å². The fraction of sp³-hybridized carbons (Fsp3) is 0.350. The molecule has 36 heavy (non-hydrogen) atoms. The Bertz CT molecular complexity index is 1380. The number of amides is 1. The number of aromatic nitrogens is 3. The molecule has 1 amide bonds. The minimum Gasteiger partial charge on any atom is -0.350 e. The third-order valence-electron chi connectivity index (χ3n) is 5.53. The molecule has 3 heterocycles. The summed E-state index contributed by atoms with van der Waals surface area (Å²) in [6.45, 7) is 1.07. The van der Waals surface area contributed by atoms with Crippen molar-refractivity contribution in [1.82, 2.24) is 24.4 Å². The van der Waals surface area contributed by atoms with Gasteiger partial charge in [-0.15, -0.1) is 0 Å². The zero-order chi connectivity index (χ0) is 26.4. The van der Waals surface area contributed by atoms with Gasteiger partial charge in [-0.2, -0.15) is 22.6 Å². The molecule has 16 heteroatoms. The van der Waals surface area contributed by atoms with Crippen LogP contribution in [0.15, 0.2) is 41.6 Å². The standard InChI is InChI=1S/C20H17ClF5N5O3S2/c1-10-14(23)6-15(31(10)36(33,34)13-4-2-12(22)3-5-13)18(32)27-7-11-9-30(29-17(11)21)16-8-28-19(35-16)20(24,25)26/h2-5,8-10,14-15H,6-7H2,1H3,(H,27,32)/t10-,14+,15?/m0/s1. The number of halogens is 6. The van der Waals surface area contributed by atoms with E-state index in [1.807, 2.05) is 0 Å². The lowest BCUT2D eigenvalue weighted by Crippen LogP contribution is -2.48. The van der Waals surface area contributed by atoms with E-state index in [0.29, 0.717) is 11.3 Å². The Balaban J connectivity index is 1.51. The normalized spacial score (nSPS) is 21.1. The van der Waals surface area contributed by atoms with E-state index in [1.165, 1.54) is 13.1 Å². The van der Waals surface area contributed by atoms with E-state index < -0.39 is 57.6 Å². The Morgan fingerprint density at radius 1 is 1.28 bits per heavy atom. The monoisotopic (exact) mass is 569 g/mol. The van der Waals surface area contributed by atoms with Crippen LogP contribution >= 0.6 is 22.9 Å². The van der Waals surface area contributed by atoms with E-state index in [1.54, 1.807) is 0 Å². The van der Waals surface area contributed by atoms with Gasteiger partial charge in [-0.25, -0.2) is 26.9 Å². The Morgan fingerprint density at radius 2 is 1.94 bits per heavy atom. The fourth-order valence-corrected chi connectivity index (χ4v) is 6.44. The molecule has 4 rings (SSSR count). The first-order valence-corrected chi connectivity index (χ1v) is 12.9. The maximum atomic E-state index is 14.5. The number of nitrogens with one attached hydrogen (secondary N) is 1. The van der Waals surface area contributed by atoms with Gasteiger partial charge in [-0.1, -0.05) is 22.9 Å². The van der Waals surface area contributed by atoms with Gasteiger partial charge in [0.1, 0.15) is 23.0 Å². The Labute approximate surface area is 210 Å². The molecule has 1 saturated heterocycles. The third kappa shape index (κ3) is 5.10. The van der Waals surface area contributed by atoms with Gasteiger partial charge in [0, 0.05) is 24.7 Å². The number of carbonyl (C=O) groups excluding carboxylic acids is 1. The summed E-state index contributed by atoms with van der Waals surface area (Å²) in [6.07, 6.45) is -4.39. The lowest BCUT2D eigenvalue weighted by Gasteiger charge is -2.26. The molecule has 1 aromatic carbocycles. The Hall–Kier alpha value is -2.62. The van der Waals surface area contributed by atoms with Gasteiger partial charge in [-0.3, -0.25) is 4.79 Å². The van der Waals surface area contributed by atoms with E-state index in [2.05, 4.69) is 15.4 Å². The molecule has 0 aliphatic carbocycles. The number of hydrogen-bond donors (Lipinski definition) is 1. The van der Waals surface area contributed by atoms with Crippen molar-refractivity contribution in [2.45, 2.75) is 49.2 Å². The number of nitrogens with zero attached hydrogens (tertiary/aromatic N) is 4. The minimum atomic E-state index is -4.62. The second-order valence-corrected chi connectivity index (χ2v) is 11.1. The SMILES string of the molecule is C[C@H]1[C@H](F)CC(C(=O)NCc2cn(-c3cnc(C(F)(F)F)s3)nc2Cl)N1S(=O)(=O)c1ccc(F)cc1. The van der Waals surface area contributed by atoms with Crippen LogP contribution in [0.1, 0.15) is 23.9 Å². The highest BCUT2D eigenvalue weighted by Crippen LogP contribution is 2.35. The van der Waals surface area contributed by atoms with Crippen LogP contribution in [0.3, 0.4) is 0 Å². The first-order chi connectivity index (χ1) is 16.8. The van der Waals surface area contributed by atoms with Gasteiger partial charge in [0.05, 0.1) is 17.1 Å². The minimum absolute atomic E-state index is 0.0308. The van der Waals surface area contributed by atoms with E-state index in [9.17, 15) is 35.2 Å². The molecular weight excluding hydrogens is 553 g/mol. The van der Waals surface area contributed by atoms with Crippen molar-refractivity contribution in [3.05, 3.63) is 58.2 Å². The van der Waals surface area contributed by atoms with Gasteiger partial charge in [0.2, 0.25) is 15.9 Å². The number of thiazole rings is 1. The topological polar surface area (TPSA) is 97.2 Å². The summed E-state index contributed by atoms with van der Waals surface area (Å²) in [7, 11) is -4.34. The molecule has 0 saturated carbocycles. The second kappa shape index (κ2) is 9.68. The smallest absolute Gasteiger partial charge is 0.350 e. The maximum absolute atomic E-state index is 14.5. The quantitative estimate of drug-likeness (QED) is 0.454. The highest BCUT2D eigenvalue weighted by atomic mass is 35.5. The van der Waals surface area contributed by atoms with E-state index in [-0.39, 0.29) is 27.2 Å². The van der Waals surface area contributed by atoms with Crippen LogP contribution in [0, 0.1) is 5.82 Å². The summed E-state index contributed by atoms with van der Waals surface area (Å²) < 4.78 is 94.3. The van der Waals surface area contributed by atoms with Crippen LogP contribution in [0.25, 0.3) is 5.00 Å². The van der Waals surface area contributed by atoms with E-state index in [0.717, 1.165) is 39.4 Å². The molecule has 1 unspecified atom stereocenters. The number of benzene rings is 1. The van der Waals surface area contributed by atoms with Crippen molar-refractivity contribution >= 4 is 38.9 Å². The van der Waals surface area contributed by atoms with Crippen molar-refractivity contribution in [3.63, 3.8) is 0 Å². The van der Waals surface area contributed by atoms with Gasteiger partial charge in [0.15, 0.2) is 10.2 Å². The number of carbonyl (C=O) groups is 1. The van der Waals surface area contributed by atoms with Crippen LogP contribution < -0.4 is 5.32 Å². The van der Waals surface area contributed by atoms with Gasteiger partial charge in [0.25, 0.3) is 0 Å². The molecule has 194 valence electrons. The van der Waals surface area contributed by atoms with Crippen LogP contribution in [0.5, 0.6) is 0 Å². The number of alkyl halides is 4. The Morgan fingerprint density at radius 3 is 2.56 bits per heavy atom. The summed E-state index contributed by atoms with van der Waals surface area (Å²) in [5.74, 6) is -1.47. The molecule has 1 aliphatic heterocycles.